The van der Waals surface area contributed by atoms with Gasteiger partial charge in [-0.2, -0.15) is 5.10 Å². The zero-order valence-electron chi connectivity index (χ0n) is 13.6. The van der Waals surface area contributed by atoms with E-state index in [1.807, 2.05) is 0 Å². The van der Waals surface area contributed by atoms with Gasteiger partial charge in [0, 0.05) is 11.1 Å². The summed E-state index contributed by atoms with van der Waals surface area (Å²) in [6.07, 6.45) is 0. The lowest BCUT2D eigenvalue weighted by Crippen LogP contribution is -2.12. The van der Waals surface area contributed by atoms with E-state index in [1.165, 1.54) is 0 Å². The number of ether oxygens (including phenoxy) is 2. The monoisotopic (exact) mass is 460 g/mol. The molecular weight excluding hydrogens is 447 g/mol. The number of carbonyl (C=O) groups is 1. The SMILES string of the molecule is CCOc1cc(/C(=N\N)c2ccc(Cl)c(Cl)c2)cc(Br)c1OCC(=O)O. The Kier molecular flexibility index (Phi) is 7.14. The topological polar surface area (TPSA) is 94.1 Å². The van der Waals surface area contributed by atoms with E-state index in [0.29, 0.717) is 43.7 Å². The first-order chi connectivity index (χ1) is 12.4. The van der Waals surface area contributed by atoms with Crippen molar-refractivity contribution in [2.75, 3.05) is 13.2 Å². The Morgan fingerprint density at radius 1 is 1.19 bits per heavy atom. The first-order valence-corrected chi connectivity index (χ1v) is 8.96. The number of aliphatic carboxylic acids is 1. The third-order valence-corrected chi connectivity index (χ3v) is 4.57. The van der Waals surface area contributed by atoms with Gasteiger partial charge in [0.25, 0.3) is 0 Å². The molecule has 0 unspecified atom stereocenters. The summed E-state index contributed by atoms with van der Waals surface area (Å²) in [7, 11) is 0. The van der Waals surface area contributed by atoms with E-state index in [-0.39, 0.29) is 5.75 Å². The van der Waals surface area contributed by atoms with Crippen LogP contribution in [0.1, 0.15) is 18.1 Å². The number of carboxylic acids is 1. The molecule has 0 heterocycles. The van der Waals surface area contributed by atoms with Crippen LogP contribution in [0.3, 0.4) is 0 Å². The second-order valence-electron chi connectivity index (χ2n) is 5.01. The Hall–Kier alpha value is -1.96. The van der Waals surface area contributed by atoms with Crippen molar-refractivity contribution in [1.29, 1.82) is 0 Å². The maximum Gasteiger partial charge on any atom is 0.341 e. The Morgan fingerprint density at radius 3 is 2.50 bits per heavy atom. The Morgan fingerprint density at radius 2 is 1.92 bits per heavy atom. The average molecular weight is 462 g/mol. The van der Waals surface area contributed by atoms with Gasteiger partial charge in [0.2, 0.25) is 0 Å². The largest absolute Gasteiger partial charge is 0.490 e. The lowest BCUT2D eigenvalue weighted by molar-refractivity contribution is -0.139. The predicted molar refractivity (Wildman–Crippen MR) is 105 cm³/mol. The van der Waals surface area contributed by atoms with Gasteiger partial charge in [0.05, 0.1) is 26.8 Å². The Bertz CT molecular complexity index is 859. The predicted octanol–water partition coefficient (Wildman–Crippen LogP) is 4.33. The summed E-state index contributed by atoms with van der Waals surface area (Å²) in [5.74, 6) is 5.13. The Balaban J connectivity index is 2.50. The van der Waals surface area contributed by atoms with Crippen LogP contribution in [0.2, 0.25) is 10.0 Å². The van der Waals surface area contributed by atoms with E-state index in [2.05, 4.69) is 21.0 Å². The first kappa shape index (κ1) is 20.4. The van der Waals surface area contributed by atoms with Crippen molar-refractivity contribution in [3.63, 3.8) is 0 Å². The van der Waals surface area contributed by atoms with Gasteiger partial charge in [0.15, 0.2) is 18.1 Å². The molecule has 0 aromatic heterocycles. The second-order valence-corrected chi connectivity index (χ2v) is 6.68. The van der Waals surface area contributed by atoms with Gasteiger partial charge >= 0.3 is 5.97 Å². The number of nitrogens with zero attached hydrogens (tertiary/aromatic N) is 1. The van der Waals surface area contributed by atoms with Gasteiger partial charge < -0.3 is 20.4 Å². The van der Waals surface area contributed by atoms with Gasteiger partial charge in [0.1, 0.15) is 0 Å². The van der Waals surface area contributed by atoms with Crippen molar-refractivity contribution < 1.29 is 19.4 Å². The van der Waals surface area contributed by atoms with Crippen LogP contribution >= 0.6 is 39.1 Å². The molecule has 0 saturated carbocycles. The molecule has 2 aromatic carbocycles. The molecule has 3 N–H and O–H groups in total. The highest BCUT2D eigenvalue weighted by Gasteiger charge is 2.17. The van der Waals surface area contributed by atoms with Gasteiger partial charge in [-0.3, -0.25) is 0 Å². The highest BCUT2D eigenvalue weighted by molar-refractivity contribution is 9.10. The molecule has 2 rings (SSSR count). The van der Waals surface area contributed by atoms with Crippen LogP contribution in [0.4, 0.5) is 0 Å². The van der Waals surface area contributed by atoms with Crippen molar-refractivity contribution >= 4 is 50.8 Å². The molecule has 0 aliphatic heterocycles. The summed E-state index contributed by atoms with van der Waals surface area (Å²) in [6, 6.07) is 8.41. The maximum atomic E-state index is 10.8. The van der Waals surface area contributed by atoms with Gasteiger partial charge in [-0.25, -0.2) is 4.79 Å². The average Bonchev–Trinajstić information content (AvgIpc) is 2.58. The molecule has 0 aliphatic rings. The van der Waals surface area contributed by atoms with Gasteiger partial charge in [-0.1, -0.05) is 29.3 Å². The van der Waals surface area contributed by atoms with Crippen LogP contribution < -0.4 is 15.3 Å². The highest BCUT2D eigenvalue weighted by atomic mass is 79.9. The molecule has 9 heteroatoms. The molecular formula is C17H15BrCl2N2O4. The molecule has 26 heavy (non-hydrogen) atoms. The number of carboxylic acid groups (broad SMARTS) is 1. The highest BCUT2D eigenvalue weighted by Crippen LogP contribution is 2.38. The number of hydrogen-bond acceptors (Lipinski definition) is 5. The third kappa shape index (κ3) is 4.81. The second kappa shape index (κ2) is 9.12. The fourth-order valence-corrected chi connectivity index (χ4v) is 3.06. The van der Waals surface area contributed by atoms with Crippen molar-refractivity contribution in [1.82, 2.24) is 0 Å². The number of hydrogen-bond donors (Lipinski definition) is 2. The first-order valence-electron chi connectivity index (χ1n) is 7.42. The van der Waals surface area contributed by atoms with Crippen molar-refractivity contribution in [2.24, 2.45) is 10.9 Å². The van der Waals surface area contributed by atoms with Crippen LogP contribution in [0, 0.1) is 0 Å². The number of nitrogens with two attached hydrogens (primary N) is 1. The minimum absolute atomic E-state index is 0.281. The lowest BCUT2D eigenvalue weighted by Gasteiger charge is -2.15. The molecule has 0 amide bonds. The standard InChI is InChI=1S/C17H15BrCl2N2O4/c1-2-25-14-7-10(5-11(18)17(14)26-8-15(23)24)16(22-21)9-3-4-12(19)13(20)6-9/h3-7H,2,8,21H2,1H3,(H,23,24)/b22-16-. The quantitative estimate of drug-likeness (QED) is 0.363. The Labute approximate surface area is 168 Å². The van der Waals surface area contributed by atoms with Gasteiger partial charge in [-0.05, 0) is 47.1 Å². The normalized spacial score (nSPS) is 11.3. The molecule has 0 atom stereocenters. The maximum absolute atomic E-state index is 10.8. The van der Waals surface area contributed by atoms with Crippen molar-refractivity contribution in [3.8, 4) is 11.5 Å². The molecule has 2 aromatic rings. The van der Waals surface area contributed by atoms with Crippen molar-refractivity contribution in [3.05, 3.63) is 56.0 Å². The molecule has 6 nitrogen and oxygen atoms in total. The van der Waals surface area contributed by atoms with Crippen LogP contribution in [-0.2, 0) is 4.79 Å². The van der Waals surface area contributed by atoms with E-state index in [4.69, 9.17) is 43.6 Å². The summed E-state index contributed by atoms with van der Waals surface area (Å²) in [4.78, 5) is 10.8. The van der Waals surface area contributed by atoms with Gasteiger partial charge in [-0.15, -0.1) is 0 Å². The van der Waals surface area contributed by atoms with E-state index in [9.17, 15) is 4.79 Å². The lowest BCUT2D eigenvalue weighted by atomic mass is 10.0. The summed E-state index contributed by atoms with van der Waals surface area (Å²) in [5, 5.41) is 13.5. The van der Waals surface area contributed by atoms with Crippen molar-refractivity contribution in [2.45, 2.75) is 6.92 Å². The van der Waals surface area contributed by atoms with Crippen LogP contribution in [-0.4, -0.2) is 30.0 Å². The fraction of sp³-hybridized carbons (Fsp3) is 0.176. The fourth-order valence-electron chi connectivity index (χ4n) is 2.20. The van der Waals surface area contributed by atoms with Crippen LogP contribution in [0.25, 0.3) is 0 Å². The smallest absolute Gasteiger partial charge is 0.341 e. The third-order valence-electron chi connectivity index (χ3n) is 3.24. The van der Waals surface area contributed by atoms with E-state index in [0.717, 1.165) is 0 Å². The zero-order chi connectivity index (χ0) is 19.3. The molecule has 0 fully saturated rings. The minimum Gasteiger partial charge on any atom is -0.490 e. The van der Waals surface area contributed by atoms with Crippen LogP contribution in [0.5, 0.6) is 11.5 Å². The number of halogens is 3. The molecule has 0 bridgehead atoms. The number of hydrazone groups is 1. The summed E-state index contributed by atoms with van der Waals surface area (Å²) in [6.45, 7) is 1.67. The summed E-state index contributed by atoms with van der Waals surface area (Å²) >= 11 is 15.4. The molecule has 0 aliphatic carbocycles. The molecule has 0 spiro atoms. The number of benzene rings is 2. The van der Waals surface area contributed by atoms with E-state index < -0.39 is 12.6 Å². The summed E-state index contributed by atoms with van der Waals surface area (Å²) in [5.41, 5.74) is 1.74. The van der Waals surface area contributed by atoms with E-state index >= 15 is 0 Å². The van der Waals surface area contributed by atoms with E-state index in [1.54, 1.807) is 37.3 Å². The zero-order valence-corrected chi connectivity index (χ0v) is 16.7. The van der Waals surface area contributed by atoms with Crippen LogP contribution in [0.15, 0.2) is 39.9 Å². The molecule has 138 valence electrons. The number of rotatable bonds is 7. The minimum atomic E-state index is -1.09. The summed E-state index contributed by atoms with van der Waals surface area (Å²) < 4.78 is 11.4. The molecule has 0 radical (unpaired) electrons. The molecule has 0 saturated heterocycles.